The van der Waals surface area contributed by atoms with Gasteiger partial charge in [-0.05, 0) is 73.7 Å². The minimum Gasteiger partial charge on any atom is -0.492 e. The average Bonchev–Trinajstić information content (AvgIpc) is 3.20. The highest BCUT2D eigenvalue weighted by Crippen LogP contribution is 2.70. The first-order chi connectivity index (χ1) is 14.6. The lowest BCUT2D eigenvalue weighted by Gasteiger charge is -2.53. The van der Waals surface area contributed by atoms with Crippen molar-refractivity contribution >= 4 is 5.91 Å². The second-order valence-electron chi connectivity index (χ2n) is 11.2. The summed E-state index contributed by atoms with van der Waals surface area (Å²) in [7, 11) is 4.10. The van der Waals surface area contributed by atoms with Crippen molar-refractivity contribution in [1.82, 2.24) is 10.2 Å². The third-order valence-corrected chi connectivity index (χ3v) is 8.33. The Morgan fingerprint density at radius 1 is 1.26 bits per heavy atom. The molecule has 5 atom stereocenters. The van der Waals surface area contributed by atoms with Gasteiger partial charge >= 0.3 is 0 Å². The van der Waals surface area contributed by atoms with Crippen LogP contribution in [0.5, 0.6) is 5.75 Å². The Hall–Kier alpha value is -1.59. The van der Waals surface area contributed by atoms with Crippen molar-refractivity contribution in [3.63, 3.8) is 0 Å². The van der Waals surface area contributed by atoms with Crippen molar-refractivity contribution in [2.24, 2.45) is 28.6 Å². The first-order valence-electron chi connectivity index (χ1n) is 11.9. The molecule has 31 heavy (non-hydrogen) atoms. The zero-order valence-electron chi connectivity index (χ0n) is 20.1. The monoisotopic (exact) mass is 428 g/mol. The highest BCUT2D eigenvalue weighted by molar-refractivity contribution is 5.78. The molecule has 1 N–H and O–H groups in total. The molecule has 1 spiro atoms. The van der Waals surface area contributed by atoms with Gasteiger partial charge in [-0.1, -0.05) is 39.8 Å². The van der Waals surface area contributed by atoms with Gasteiger partial charge in [0.2, 0.25) is 5.91 Å². The molecule has 5 nitrogen and oxygen atoms in total. The summed E-state index contributed by atoms with van der Waals surface area (Å²) in [6.07, 6.45) is 3.54. The van der Waals surface area contributed by atoms with Crippen molar-refractivity contribution < 1.29 is 14.3 Å². The average molecular weight is 429 g/mol. The molecule has 2 bridgehead atoms. The molecule has 4 rings (SSSR count). The molecule has 5 heteroatoms. The van der Waals surface area contributed by atoms with Gasteiger partial charge in [0.25, 0.3) is 0 Å². The Kier molecular flexibility index (Phi) is 6.12. The summed E-state index contributed by atoms with van der Waals surface area (Å²) in [5.74, 6) is 2.19. The maximum Gasteiger partial charge on any atom is 0.222 e. The van der Waals surface area contributed by atoms with Crippen molar-refractivity contribution in [3.05, 3.63) is 29.8 Å². The van der Waals surface area contributed by atoms with Gasteiger partial charge in [-0.15, -0.1) is 0 Å². The smallest absolute Gasteiger partial charge is 0.222 e. The molecule has 1 aliphatic heterocycles. The Morgan fingerprint density at radius 2 is 1.97 bits per heavy atom. The number of ether oxygens (including phenoxy) is 2. The van der Waals surface area contributed by atoms with E-state index in [0.29, 0.717) is 18.4 Å². The van der Waals surface area contributed by atoms with Crippen LogP contribution >= 0.6 is 0 Å². The van der Waals surface area contributed by atoms with Gasteiger partial charge in [-0.2, -0.15) is 0 Å². The number of likely N-dealkylation sites (N-methyl/N-ethyl adjacent to an activating group) is 1. The molecule has 1 aromatic carbocycles. The summed E-state index contributed by atoms with van der Waals surface area (Å²) in [5.41, 5.74) is 1.51. The van der Waals surface area contributed by atoms with E-state index in [1.165, 1.54) is 18.4 Å². The van der Waals surface area contributed by atoms with Crippen LogP contribution in [0, 0.1) is 28.6 Å². The number of amides is 1. The zero-order chi connectivity index (χ0) is 22.4. The van der Waals surface area contributed by atoms with Gasteiger partial charge in [-0.3, -0.25) is 4.79 Å². The molecule has 1 aromatic rings. The van der Waals surface area contributed by atoms with Crippen LogP contribution in [0.25, 0.3) is 0 Å². The fraction of sp³-hybridized carbons (Fsp3) is 0.731. The van der Waals surface area contributed by atoms with Crippen LogP contribution in [0.15, 0.2) is 24.3 Å². The topological polar surface area (TPSA) is 50.8 Å². The summed E-state index contributed by atoms with van der Waals surface area (Å²) in [5, 5.41) is 3.48. The summed E-state index contributed by atoms with van der Waals surface area (Å²) in [6, 6.07) is 8.72. The van der Waals surface area contributed by atoms with Gasteiger partial charge in [0.15, 0.2) is 0 Å². The van der Waals surface area contributed by atoms with E-state index in [-0.39, 0.29) is 34.8 Å². The van der Waals surface area contributed by atoms with E-state index in [2.05, 4.69) is 62.4 Å². The van der Waals surface area contributed by atoms with Gasteiger partial charge in [0.05, 0.1) is 6.10 Å². The highest BCUT2D eigenvalue weighted by atomic mass is 16.5. The number of fused-ring (bicyclic) bond motifs is 1. The van der Waals surface area contributed by atoms with E-state index in [9.17, 15) is 4.79 Å². The third-order valence-electron chi connectivity index (χ3n) is 8.33. The largest absolute Gasteiger partial charge is 0.492 e. The lowest BCUT2D eigenvalue weighted by Crippen LogP contribution is -2.59. The summed E-state index contributed by atoms with van der Waals surface area (Å²) in [4.78, 5) is 14.8. The molecule has 1 heterocycles. The molecule has 1 amide bonds. The Bertz CT molecular complexity index is 788. The first-order valence-corrected chi connectivity index (χ1v) is 11.9. The van der Waals surface area contributed by atoms with Crippen LogP contribution in [0.3, 0.4) is 0 Å². The predicted molar refractivity (Wildman–Crippen MR) is 123 cm³/mol. The number of nitrogens with one attached hydrogen (secondary N) is 1. The van der Waals surface area contributed by atoms with Crippen molar-refractivity contribution in [1.29, 1.82) is 0 Å². The molecule has 172 valence electrons. The molecule has 0 aromatic heterocycles. The quantitative estimate of drug-likeness (QED) is 0.704. The fourth-order valence-corrected chi connectivity index (χ4v) is 6.53. The minimum atomic E-state index is 0.0143. The lowest BCUT2D eigenvalue weighted by atomic mass is 9.58. The van der Waals surface area contributed by atoms with Gasteiger partial charge in [0, 0.05) is 25.1 Å². The van der Waals surface area contributed by atoms with Crippen LogP contribution in [0.2, 0.25) is 0 Å². The van der Waals surface area contributed by atoms with Crippen molar-refractivity contribution in [3.8, 4) is 5.75 Å². The van der Waals surface area contributed by atoms with E-state index in [0.717, 1.165) is 25.3 Å². The number of hydrogen-bond donors (Lipinski definition) is 1. The predicted octanol–water partition coefficient (Wildman–Crippen LogP) is 4.28. The normalized spacial score (nSPS) is 33.5. The zero-order valence-corrected chi connectivity index (χ0v) is 20.1. The van der Waals surface area contributed by atoms with Crippen LogP contribution in [0.4, 0.5) is 0 Å². The second-order valence-corrected chi connectivity index (χ2v) is 11.2. The number of hydrogen-bond acceptors (Lipinski definition) is 4. The van der Waals surface area contributed by atoms with Gasteiger partial charge < -0.3 is 19.7 Å². The summed E-state index contributed by atoms with van der Waals surface area (Å²) in [6.45, 7) is 11.0. The van der Waals surface area contributed by atoms with E-state index in [1.807, 2.05) is 13.8 Å². The first kappa shape index (κ1) is 22.6. The van der Waals surface area contributed by atoms with Crippen molar-refractivity contribution in [2.45, 2.75) is 59.1 Å². The van der Waals surface area contributed by atoms with E-state index >= 15 is 0 Å². The van der Waals surface area contributed by atoms with Crippen LogP contribution in [0.1, 0.15) is 58.6 Å². The standard InChI is InChI=1S/C26H40N2O3/c1-17(2)23(29)27-24-25(3,4)19-15-21-22(31-13-11-26(21,24)16-19)18-7-9-20(10-8-18)30-14-12-28(5)6/h7-10,17,19,21-22,24H,11-16H2,1-6H3,(H,27,29)/t19-,21-,22-,24+,26?/m1/s1. The number of rotatable bonds is 7. The Balaban J connectivity index is 1.53. The molecule has 2 aliphatic carbocycles. The minimum absolute atomic E-state index is 0.0143. The Morgan fingerprint density at radius 3 is 2.61 bits per heavy atom. The number of carbonyl (C=O) groups is 1. The molecular weight excluding hydrogens is 388 g/mol. The summed E-state index contributed by atoms with van der Waals surface area (Å²) < 4.78 is 12.3. The molecule has 3 fully saturated rings. The SMILES string of the molecule is CC(C)C(=O)N[C@H]1C(C)(C)[C@@H]2C[C@@H]3[C@@H](c4ccc(OCCN(C)C)cc4)OCCC31C2. The Labute approximate surface area is 187 Å². The van der Waals surface area contributed by atoms with E-state index in [1.54, 1.807) is 0 Å². The fourth-order valence-electron chi connectivity index (χ4n) is 6.53. The highest BCUT2D eigenvalue weighted by Gasteiger charge is 2.68. The lowest BCUT2D eigenvalue weighted by molar-refractivity contribution is -0.139. The van der Waals surface area contributed by atoms with Crippen molar-refractivity contribution in [2.75, 3.05) is 33.9 Å². The maximum atomic E-state index is 12.7. The van der Waals surface area contributed by atoms with E-state index in [4.69, 9.17) is 9.47 Å². The molecule has 0 radical (unpaired) electrons. The van der Waals surface area contributed by atoms with Crippen LogP contribution < -0.4 is 10.1 Å². The number of carbonyl (C=O) groups excluding carboxylic acids is 1. The van der Waals surface area contributed by atoms with Crippen LogP contribution in [-0.2, 0) is 9.53 Å². The third kappa shape index (κ3) is 4.00. The molecule has 1 unspecified atom stereocenters. The van der Waals surface area contributed by atoms with Gasteiger partial charge in [-0.25, -0.2) is 0 Å². The molecule has 2 saturated carbocycles. The molecule has 1 saturated heterocycles. The van der Waals surface area contributed by atoms with Gasteiger partial charge in [0.1, 0.15) is 12.4 Å². The van der Waals surface area contributed by atoms with E-state index < -0.39 is 0 Å². The number of benzene rings is 1. The maximum absolute atomic E-state index is 12.7. The molecular formula is C26H40N2O3. The second kappa shape index (κ2) is 8.40. The molecule has 3 aliphatic rings. The van der Waals surface area contributed by atoms with Crippen LogP contribution in [-0.4, -0.2) is 50.7 Å². The number of nitrogens with zero attached hydrogens (tertiary/aromatic N) is 1. The summed E-state index contributed by atoms with van der Waals surface area (Å²) >= 11 is 0.